The first-order valence-corrected chi connectivity index (χ1v) is 13.6. The molecule has 206 valence electrons. The van der Waals surface area contributed by atoms with Crippen LogP contribution in [0.5, 0.6) is 17.2 Å². The first-order valence-electron chi connectivity index (χ1n) is 12.0. The normalized spacial score (nSPS) is 12.5. The monoisotopic (exact) mass is 635 g/mol. The molecule has 0 fully saturated rings. The summed E-state index contributed by atoms with van der Waals surface area (Å²) in [6, 6.07) is 16.6. The number of hydrogen-bond donors (Lipinski definition) is 2. The van der Waals surface area contributed by atoms with Gasteiger partial charge in [0.1, 0.15) is 11.8 Å². The Morgan fingerprint density at radius 2 is 1.79 bits per heavy atom. The van der Waals surface area contributed by atoms with E-state index in [1.165, 1.54) is 19.4 Å². The Hall–Kier alpha value is -3.27. The minimum absolute atomic E-state index is 0.241. The number of hydrazone groups is 1. The van der Waals surface area contributed by atoms with E-state index in [0.29, 0.717) is 38.9 Å². The Kier molecular flexibility index (Phi) is 11.5. The number of rotatable bonds is 12. The van der Waals surface area contributed by atoms with Gasteiger partial charge in [0.2, 0.25) is 0 Å². The molecule has 0 spiro atoms. The molecule has 0 saturated heterocycles. The second-order valence-electron chi connectivity index (χ2n) is 8.29. The van der Waals surface area contributed by atoms with Crippen molar-refractivity contribution in [3.8, 4) is 17.2 Å². The number of methoxy groups -OCH3 is 1. The highest BCUT2D eigenvalue weighted by Gasteiger charge is 2.25. The summed E-state index contributed by atoms with van der Waals surface area (Å²) in [7, 11) is 1.54. The average Bonchev–Trinajstić information content (AvgIpc) is 2.91. The third-order valence-electron chi connectivity index (χ3n) is 5.41. The number of nitrogens with one attached hydrogen (secondary N) is 2. The molecule has 0 heterocycles. The number of nitrogens with zero attached hydrogens (tertiary/aromatic N) is 1. The quantitative estimate of drug-likeness (QED) is 0.193. The van der Waals surface area contributed by atoms with E-state index in [-0.39, 0.29) is 11.4 Å². The van der Waals surface area contributed by atoms with Crippen molar-refractivity contribution < 1.29 is 23.8 Å². The minimum Gasteiger partial charge on any atom is -0.493 e. The molecule has 0 saturated carbocycles. The zero-order valence-corrected chi connectivity index (χ0v) is 24.6. The second kappa shape index (κ2) is 14.8. The molecular formula is C28H28BrCl2N3O5. The van der Waals surface area contributed by atoms with Gasteiger partial charge in [-0.05, 0) is 71.2 Å². The number of hydrogen-bond acceptors (Lipinski definition) is 6. The smallest absolute Gasteiger partial charge is 0.262 e. The topological polar surface area (TPSA) is 98.2 Å². The summed E-state index contributed by atoms with van der Waals surface area (Å²) in [5.74, 6) is 0.388. The number of halogens is 3. The molecule has 0 aliphatic carbocycles. The molecule has 39 heavy (non-hydrogen) atoms. The Morgan fingerprint density at radius 1 is 1.05 bits per heavy atom. The summed E-state index contributed by atoms with van der Waals surface area (Å²) < 4.78 is 17.4. The fourth-order valence-corrected chi connectivity index (χ4v) is 4.54. The van der Waals surface area contributed by atoms with Crippen LogP contribution in [0.4, 0.5) is 0 Å². The first kappa shape index (κ1) is 30.3. The minimum atomic E-state index is -0.938. The zero-order chi connectivity index (χ0) is 28.4. The van der Waals surface area contributed by atoms with Gasteiger partial charge in [-0.15, -0.1) is 0 Å². The Balaban J connectivity index is 1.72. The van der Waals surface area contributed by atoms with Crippen molar-refractivity contribution in [2.45, 2.75) is 32.4 Å². The van der Waals surface area contributed by atoms with Crippen LogP contribution in [0.2, 0.25) is 10.0 Å². The van der Waals surface area contributed by atoms with E-state index < -0.39 is 24.0 Å². The van der Waals surface area contributed by atoms with Crippen LogP contribution < -0.4 is 25.0 Å². The van der Waals surface area contributed by atoms with Gasteiger partial charge in [-0.1, -0.05) is 53.5 Å². The van der Waals surface area contributed by atoms with Crippen LogP contribution in [0.25, 0.3) is 0 Å². The number of amides is 2. The van der Waals surface area contributed by atoms with Gasteiger partial charge in [0.05, 0.1) is 29.4 Å². The highest BCUT2D eigenvalue weighted by Crippen LogP contribution is 2.36. The molecule has 0 radical (unpaired) electrons. The van der Waals surface area contributed by atoms with Gasteiger partial charge in [-0.2, -0.15) is 5.10 Å². The fourth-order valence-electron chi connectivity index (χ4n) is 3.51. The largest absolute Gasteiger partial charge is 0.493 e. The SMILES string of the molecule is CCOc1c(Br)cc(/C=N\NC(=O)[C@@H](Cc2ccccc2)NC(=O)[C@@H](C)Oc2ccc(Cl)cc2Cl)cc1OC. The summed E-state index contributed by atoms with van der Waals surface area (Å²) in [5, 5.41) is 7.55. The predicted molar refractivity (Wildman–Crippen MR) is 156 cm³/mol. The summed E-state index contributed by atoms with van der Waals surface area (Å²) >= 11 is 15.6. The van der Waals surface area contributed by atoms with Crippen LogP contribution >= 0.6 is 39.1 Å². The number of benzene rings is 3. The average molecular weight is 637 g/mol. The maximum atomic E-state index is 13.1. The molecule has 2 atom stereocenters. The van der Waals surface area contributed by atoms with Crippen molar-refractivity contribution in [3.63, 3.8) is 0 Å². The molecule has 2 amide bonds. The Labute approximate surface area is 245 Å². The number of ether oxygens (including phenoxy) is 3. The van der Waals surface area contributed by atoms with Crippen molar-refractivity contribution in [1.82, 2.24) is 10.7 Å². The number of carbonyl (C=O) groups is 2. The molecule has 3 rings (SSSR count). The van der Waals surface area contributed by atoms with Gasteiger partial charge in [-0.3, -0.25) is 9.59 Å². The summed E-state index contributed by atoms with van der Waals surface area (Å²) in [5.41, 5.74) is 4.03. The van der Waals surface area contributed by atoms with Gasteiger partial charge in [0.15, 0.2) is 17.6 Å². The third-order valence-corrected chi connectivity index (χ3v) is 6.53. The van der Waals surface area contributed by atoms with Crippen LogP contribution in [0.3, 0.4) is 0 Å². The Bertz CT molecular complexity index is 1320. The number of carbonyl (C=O) groups excluding carboxylic acids is 2. The van der Waals surface area contributed by atoms with Crippen molar-refractivity contribution in [1.29, 1.82) is 0 Å². The lowest BCUT2D eigenvalue weighted by Gasteiger charge is -2.21. The van der Waals surface area contributed by atoms with E-state index in [0.717, 1.165) is 5.56 Å². The van der Waals surface area contributed by atoms with Crippen molar-refractivity contribution in [2.24, 2.45) is 5.10 Å². The Morgan fingerprint density at radius 3 is 2.46 bits per heavy atom. The van der Waals surface area contributed by atoms with Crippen molar-refractivity contribution in [3.05, 3.63) is 86.3 Å². The molecule has 0 aromatic heterocycles. The van der Waals surface area contributed by atoms with Crippen LogP contribution in [-0.4, -0.2) is 43.9 Å². The summed E-state index contributed by atoms with van der Waals surface area (Å²) in [6.07, 6.45) is 0.772. The van der Waals surface area contributed by atoms with E-state index in [1.807, 2.05) is 37.3 Å². The van der Waals surface area contributed by atoms with Gasteiger partial charge in [0, 0.05) is 11.4 Å². The van der Waals surface area contributed by atoms with Crippen LogP contribution in [-0.2, 0) is 16.0 Å². The molecule has 3 aromatic rings. The molecule has 3 aromatic carbocycles. The molecule has 0 aliphatic heterocycles. The van der Waals surface area contributed by atoms with Crippen LogP contribution in [0.15, 0.2) is 70.2 Å². The van der Waals surface area contributed by atoms with Gasteiger partial charge < -0.3 is 19.5 Å². The molecule has 0 bridgehead atoms. The van der Waals surface area contributed by atoms with Gasteiger partial charge in [0.25, 0.3) is 11.8 Å². The van der Waals surface area contributed by atoms with E-state index in [4.69, 9.17) is 37.4 Å². The molecule has 0 unspecified atom stereocenters. The lowest BCUT2D eigenvalue weighted by Crippen LogP contribution is -2.50. The zero-order valence-electron chi connectivity index (χ0n) is 21.5. The highest BCUT2D eigenvalue weighted by molar-refractivity contribution is 9.10. The molecule has 8 nitrogen and oxygen atoms in total. The maximum Gasteiger partial charge on any atom is 0.262 e. The lowest BCUT2D eigenvalue weighted by molar-refractivity contribution is -0.132. The summed E-state index contributed by atoms with van der Waals surface area (Å²) in [6.45, 7) is 3.91. The van der Waals surface area contributed by atoms with Crippen LogP contribution in [0, 0.1) is 0 Å². The summed E-state index contributed by atoms with van der Waals surface area (Å²) in [4.78, 5) is 26.1. The predicted octanol–water partition coefficient (Wildman–Crippen LogP) is 5.81. The van der Waals surface area contributed by atoms with E-state index in [1.54, 1.807) is 31.2 Å². The van der Waals surface area contributed by atoms with Gasteiger partial charge >= 0.3 is 0 Å². The molecule has 11 heteroatoms. The van der Waals surface area contributed by atoms with E-state index in [2.05, 4.69) is 31.8 Å². The third kappa shape index (κ3) is 8.88. The fraction of sp³-hybridized carbons (Fsp3) is 0.250. The lowest BCUT2D eigenvalue weighted by atomic mass is 10.1. The van der Waals surface area contributed by atoms with Crippen LogP contribution in [0.1, 0.15) is 25.0 Å². The van der Waals surface area contributed by atoms with Gasteiger partial charge in [-0.25, -0.2) is 5.43 Å². The molecule has 0 aliphatic rings. The molecule has 2 N–H and O–H groups in total. The van der Waals surface area contributed by atoms with Crippen molar-refractivity contribution >= 4 is 57.2 Å². The highest BCUT2D eigenvalue weighted by atomic mass is 79.9. The van der Waals surface area contributed by atoms with E-state index in [9.17, 15) is 9.59 Å². The van der Waals surface area contributed by atoms with Crippen molar-refractivity contribution in [2.75, 3.05) is 13.7 Å². The molecular weight excluding hydrogens is 609 g/mol. The standard InChI is InChI=1S/C28H28BrCl2N3O5/c1-4-38-26-21(29)12-19(14-25(26)37-3)16-32-34-28(36)23(13-18-8-6-5-7-9-18)33-27(35)17(2)39-24-11-10-20(30)15-22(24)31/h5-12,14-17,23H,4,13H2,1-3H3,(H,33,35)(H,34,36)/b32-16-/t17-,23-/m1/s1. The first-order chi connectivity index (χ1) is 18.7. The maximum absolute atomic E-state index is 13.1. The second-order valence-corrected chi connectivity index (χ2v) is 9.99. The van der Waals surface area contributed by atoms with E-state index >= 15 is 0 Å².